The lowest BCUT2D eigenvalue weighted by atomic mass is 9.73. The largest absolute Gasteiger partial charge is 0.472 e. The van der Waals surface area contributed by atoms with Gasteiger partial charge in [-0.15, -0.1) is 0 Å². The molecule has 6 nitrogen and oxygen atoms in total. The van der Waals surface area contributed by atoms with Gasteiger partial charge in [0.1, 0.15) is 17.5 Å². The summed E-state index contributed by atoms with van der Waals surface area (Å²) in [6.45, 7) is 0.544. The third-order valence-corrected chi connectivity index (χ3v) is 7.17. The standard InChI is InChI=1S/C24H18F4N4O2/c25-16-4-2-8-30-20(16)19-15(3-1-7-29-19)22(33)32-12-14-9-23(14)10-17(21(23)32)34-18-6-5-13(11-31-18)24(26,27)28/h1-8,11,14,17,21H,9-10,12H2. The van der Waals surface area contributed by atoms with Gasteiger partial charge < -0.3 is 9.64 Å². The van der Waals surface area contributed by atoms with Gasteiger partial charge in [-0.3, -0.25) is 14.8 Å². The van der Waals surface area contributed by atoms with Gasteiger partial charge in [0.25, 0.3) is 5.91 Å². The zero-order valence-corrected chi connectivity index (χ0v) is 17.7. The highest BCUT2D eigenvalue weighted by atomic mass is 19.4. The first-order valence-corrected chi connectivity index (χ1v) is 10.8. The van der Waals surface area contributed by atoms with E-state index in [0.717, 1.165) is 18.7 Å². The van der Waals surface area contributed by atoms with Crippen molar-refractivity contribution in [3.05, 3.63) is 71.9 Å². The van der Waals surface area contributed by atoms with Crippen LogP contribution in [0.1, 0.15) is 28.8 Å². The Labute approximate surface area is 191 Å². The number of amides is 1. The Morgan fingerprint density at radius 1 is 1.03 bits per heavy atom. The average molecular weight is 470 g/mol. The molecule has 3 fully saturated rings. The van der Waals surface area contributed by atoms with Gasteiger partial charge >= 0.3 is 6.18 Å². The fraction of sp³-hybridized carbons (Fsp3) is 0.333. The van der Waals surface area contributed by atoms with Crippen LogP contribution in [0.25, 0.3) is 11.4 Å². The van der Waals surface area contributed by atoms with E-state index in [-0.39, 0.29) is 46.3 Å². The van der Waals surface area contributed by atoms with Gasteiger partial charge in [-0.25, -0.2) is 9.37 Å². The number of aromatic nitrogens is 3. The summed E-state index contributed by atoms with van der Waals surface area (Å²) in [7, 11) is 0. The summed E-state index contributed by atoms with van der Waals surface area (Å²) in [5, 5.41) is 0. The summed E-state index contributed by atoms with van der Waals surface area (Å²) in [5.74, 6) is -0.428. The minimum atomic E-state index is -4.48. The number of pyridine rings is 3. The Morgan fingerprint density at radius 3 is 2.50 bits per heavy atom. The van der Waals surface area contributed by atoms with Gasteiger partial charge in [-0.2, -0.15) is 13.2 Å². The second-order valence-electron chi connectivity index (χ2n) is 9.01. The van der Waals surface area contributed by atoms with Crippen molar-refractivity contribution in [3.63, 3.8) is 0 Å². The summed E-state index contributed by atoms with van der Waals surface area (Å²) in [6, 6.07) is 7.84. The number of nitrogens with zero attached hydrogens (tertiary/aromatic N) is 4. The van der Waals surface area contributed by atoms with E-state index in [9.17, 15) is 22.4 Å². The van der Waals surface area contributed by atoms with Crippen LogP contribution in [0.2, 0.25) is 0 Å². The molecule has 2 saturated carbocycles. The molecular weight excluding hydrogens is 452 g/mol. The van der Waals surface area contributed by atoms with Crippen molar-refractivity contribution in [1.29, 1.82) is 0 Å². The van der Waals surface area contributed by atoms with E-state index in [1.54, 1.807) is 17.0 Å². The van der Waals surface area contributed by atoms with Crippen LogP contribution in [0, 0.1) is 17.2 Å². The lowest BCUT2D eigenvalue weighted by Gasteiger charge is -2.47. The lowest BCUT2D eigenvalue weighted by molar-refractivity contribution is -0.137. The van der Waals surface area contributed by atoms with Gasteiger partial charge in [0.05, 0.1) is 17.2 Å². The zero-order valence-electron chi connectivity index (χ0n) is 17.7. The molecule has 0 aromatic carbocycles. The Bertz CT molecular complexity index is 1280. The van der Waals surface area contributed by atoms with E-state index in [1.165, 1.54) is 30.6 Å². The Kier molecular flexibility index (Phi) is 4.46. The highest BCUT2D eigenvalue weighted by molar-refractivity contribution is 6.00. The van der Waals surface area contributed by atoms with E-state index in [0.29, 0.717) is 18.9 Å². The molecule has 1 amide bonds. The van der Waals surface area contributed by atoms with Gasteiger partial charge in [-0.1, -0.05) is 0 Å². The van der Waals surface area contributed by atoms with Crippen LogP contribution in [0.3, 0.4) is 0 Å². The number of alkyl halides is 3. The molecule has 174 valence electrons. The first kappa shape index (κ1) is 21.0. The summed E-state index contributed by atoms with van der Waals surface area (Å²) in [6.07, 6.45) is 0.497. The SMILES string of the molecule is O=C(c1cccnc1-c1ncccc1F)N1CC2CC23CC(Oc2ccc(C(F)(F)F)cn2)C13. The van der Waals surface area contributed by atoms with Crippen molar-refractivity contribution in [3.8, 4) is 17.3 Å². The lowest BCUT2D eigenvalue weighted by Crippen LogP contribution is -2.59. The zero-order chi connectivity index (χ0) is 23.7. The topological polar surface area (TPSA) is 68.2 Å². The molecule has 0 bridgehead atoms. The summed E-state index contributed by atoms with van der Waals surface area (Å²) in [5.41, 5.74) is -0.460. The third kappa shape index (κ3) is 3.15. The minimum Gasteiger partial charge on any atom is -0.472 e. The van der Waals surface area contributed by atoms with Crippen LogP contribution in [0.15, 0.2) is 55.0 Å². The predicted octanol–water partition coefficient (Wildman–Crippen LogP) is 4.38. The van der Waals surface area contributed by atoms with Crippen molar-refractivity contribution in [2.75, 3.05) is 6.54 Å². The maximum Gasteiger partial charge on any atom is 0.417 e. The van der Waals surface area contributed by atoms with Crippen LogP contribution in [0.5, 0.6) is 5.88 Å². The summed E-state index contributed by atoms with van der Waals surface area (Å²) >= 11 is 0. The second-order valence-corrected chi connectivity index (χ2v) is 9.01. The maximum absolute atomic E-state index is 14.4. The first-order valence-electron chi connectivity index (χ1n) is 10.8. The van der Waals surface area contributed by atoms with Crippen LogP contribution in [-0.4, -0.2) is 44.4 Å². The normalized spacial score (nSPS) is 26.9. The molecule has 3 aromatic heterocycles. The van der Waals surface area contributed by atoms with Crippen molar-refractivity contribution in [2.45, 2.75) is 31.2 Å². The Hall–Kier alpha value is -3.56. The number of carbonyl (C=O) groups is 1. The molecule has 0 N–H and O–H groups in total. The van der Waals surface area contributed by atoms with Crippen LogP contribution in [0.4, 0.5) is 17.6 Å². The van der Waals surface area contributed by atoms with E-state index >= 15 is 0 Å². The number of halogens is 4. The van der Waals surface area contributed by atoms with E-state index < -0.39 is 17.6 Å². The molecule has 4 atom stereocenters. The molecule has 4 heterocycles. The van der Waals surface area contributed by atoms with Gasteiger partial charge in [0, 0.05) is 36.6 Å². The van der Waals surface area contributed by atoms with Gasteiger partial charge in [-0.05, 0) is 49.1 Å². The van der Waals surface area contributed by atoms with E-state index in [4.69, 9.17) is 4.74 Å². The maximum atomic E-state index is 14.4. The van der Waals surface area contributed by atoms with Gasteiger partial charge in [0.15, 0.2) is 5.82 Å². The minimum absolute atomic E-state index is 0.000818. The quantitative estimate of drug-likeness (QED) is 0.530. The third-order valence-electron chi connectivity index (χ3n) is 7.17. The molecule has 1 saturated heterocycles. The summed E-state index contributed by atoms with van der Waals surface area (Å²) in [4.78, 5) is 27.4. The molecular formula is C24H18F4N4O2. The van der Waals surface area contributed by atoms with Crippen molar-refractivity contribution in [2.24, 2.45) is 11.3 Å². The smallest absolute Gasteiger partial charge is 0.417 e. The number of ether oxygens (including phenoxy) is 1. The number of likely N-dealkylation sites (tertiary alicyclic amines) is 1. The average Bonchev–Trinajstić information content (AvgIpc) is 3.47. The Morgan fingerprint density at radius 2 is 1.79 bits per heavy atom. The van der Waals surface area contributed by atoms with Crippen LogP contribution >= 0.6 is 0 Å². The number of hydrogen-bond donors (Lipinski definition) is 0. The molecule has 1 aliphatic heterocycles. The predicted molar refractivity (Wildman–Crippen MR) is 111 cm³/mol. The first-order chi connectivity index (χ1) is 16.3. The number of hydrogen-bond acceptors (Lipinski definition) is 5. The molecule has 2 aliphatic carbocycles. The summed E-state index contributed by atoms with van der Waals surface area (Å²) < 4.78 is 58.8. The van der Waals surface area contributed by atoms with Crippen molar-refractivity contribution < 1.29 is 27.1 Å². The van der Waals surface area contributed by atoms with Crippen LogP contribution < -0.4 is 4.74 Å². The van der Waals surface area contributed by atoms with Crippen LogP contribution in [-0.2, 0) is 6.18 Å². The monoisotopic (exact) mass is 470 g/mol. The van der Waals surface area contributed by atoms with Gasteiger partial charge in [0.2, 0.25) is 5.88 Å². The molecule has 1 spiro atoms. The highest BCUT2D eigenvalue weighted by Gasteiger charge is 2.76. The Balaban J connectivity index is 1.26. The second kappa shape index (κ2) is 7.22. The number of rotatable bonds is 4. The fourth-order valence-electron chi connectivity index (χ4n) is 5.51. The molecule has 4 unspecified atom stereocenters. The molecule has 10 heteroatoms. The van der Waals surface area contributed by atoms with E-state index in [2.05, 4.69) is 15.0 Å². The molecule has 0 radical (unpaired) electrons. The molecule has 6 rings (SSSR count). The number of carbonyl (C=O) groups excluding carboxylic acids is 1. The van der Waals surface area contributed by atoms with E-state index in [1.807, 2.05) is 0 Å². The molecule has 3 aliphatic rings. The van der Waals surface area contributed by atoms with Crippen molar-refractivity contribution in [1.82, 2.24) is 19.9 Å². The highest BCUT2D eigenvalue weighted by Crippen LogP contribution is 2.71. The molecule has 3 aromatic rings. The van der Waals surface area contributed by atoms with Crippen molar-refractivity contribution >= 4 is 5.91 Å². The number of piperidine rings is 1. The fourth-order valence-corrected chi connectivity index (χ4v) is 5.51. The molecule has 34 heavy (non-hydrogen) atoms.